The molecule has 0 bridgehead atoms. The lowest BCUT2D eigenvalue weighted by molar-refractivity contribution is -0.752. The number of benzene rings is 1. The van der Waals surface area contributed by atoms with E-state index in [1.54, 1.807) is 19.1 Å². The summed E-state index contributed by atoms with van der Waals surface area (Å²) in [5.74, 6) is 0. The SMILES string of the molecule is Cc1cccc(C([N+](=O)[O-])[N+](=O)[O-])c1. The molecule has 0 saturated heterocycles. The van der Waals surface area contributed by atoms with Gasteiger partial charge in [0.05, 0.1) is 0 Å². The average Bonchev–Trinajstić information content (AvgIpc) is 2.02. The molecule has 0 heterocycles. The Labute approximate surface area is 79.5 Å². The van der Waals surface area contributed by atoms with Crippen LogP contribution in [0.25, 0.3) is 0 Å². The summed E-state index contributed by atoms with van der Waals surface area (Å²) >= 11 is 0. The molecule has 1 aromatic rings. The second-order valence-electron chi connectivity index (χ2n) is 2.86. The first-order valence-electron chi connectivity index (χ1n) is 3.86. The van der Waals surface area contributed by atoms with Crippen LogP contribution in [0, 0.1) is 27.2 Å². The van der Waals surface area contributed by atoms with Gasteiger partial charge in [-0.1, -0.05) is 17.7 Å². The highest BCUT2D eigenvalue weighted by atomic mass is 16.7. The summed E-state index contributed by atoms with van der Waals surface area (Å²) in [5.41, 5.74) is 0.858. The van der Waals surface area contributed by atoms with Crippen molar-refractivity contribution in [1.82, 2.24) is 0 Å². The van der Waals surface area contributed by atoms with Crippen molar-refractivity contribution < 1.29 is 9.85 Å². The average molecular weight is 196 g/mol. The van der Waals surface area contributed by atoms with E-state index in [1.807, 2.05) is 0 Å². The molecule has 0 spiro atoms. The first-order valence-corrected chi connectivity index (χ1v) is 3.86. The summed E-state index contributed by atoms with van der Waals surface area (Å²) in [6.07, 6.45) is -1.87. The van der Waals surface area contributed by atoms with Gasteiger partial charge in [-0.15, -0.1) is 0 Å². The Hall–Kier alpha value is -1.98. The van der Waals surface area contributed by atoms with Crippen LogP contribution in [0.1, 0.15) is 17.3 Å². The van der Waals surface area contributed by atoms with Crippen LogP contribution in [-0.2, 0) is 0 Å². The molecule has 0 amide bonds. The molecule has 6 heteroatoms. The number of hydrogen-bond donors (Lipinski definition) is 0. The minimum atomic E-state index is -1.87. The van der Waals surface area contributed by atoms with Crippen LogP contribution >= 0.6 is 0 Å². The van der Waals surface area contributed by atoms with Crippen LogP contribution in [0.15, 0.2) is 24.3 Å². The van der Waals surface area contributed by atoms with Gasteiger partial charge in [0, 0.05) is 0 Å². The lowest BCUT2D eigenvalue weighted by Crippen LogP contribution is -2.19. The summed E-state index contributed by atoms with van der Waals surface area (Å²) in [6.45, 7) is 1.72. The summed E-state index contributed by atoms with van der Waals surface area (Å²) in [4.78, 5) is 19.0. The highest BCUT2D eigenvalue weighted by molar-refractivity contribution is 5.22. The molecule has 0 saturated carbocycles. The highest BCUT2D eigenvalue weighted by Crippen LogP contribution is 2.17. The minimum Gasteiger partial charge on any atom is -0.258 e. The topological polar surface area (TPSA) is 86.3 Å². The Morgan fingerprint density at radius 2 is 1.79 bits per heavy atom. The molecule has 74 valence electrons. The fraction of sp³-hybridized carbons (Fsp3) is 0.250. The highest BCUT2D eigenvalue weighted by Gasteiger charge is 2.34. The standard InChI is InChI=1S/C8H8N2O4/c1-6-3-2-4-7(5-6)8(9(11)12)10(13)14/h2-5,8H,1H3. The van der Waals surface area contributed by atoms with Gasteiger partial charge in [0.2, 0.25) is 0 Å². The summed E-state index contributed by atoms with van der Waals surface area (Å²) in [6, 6.07) is 6.10. The Morgan fingerprint density at radius 1 is 1.21 bits per heavy atom. The maximum Gasteiger partial charge on any atom is 0.476 e. The van der Waals surface area contributed by atoms with Crippen molar-refractivity contribution in [2.24, 2.45) is 0 Å². The number of hydrogen-bond acceptors (Lipinski definition) is 4. The zero-order valence-corrected chi connectivity index (χ0v) is 7.41. The maximum atomic E-state index is 10.4. The van der Waals surface area contributed by atoms with Gasteiger partial charge in [-0.05, 0) is 19.1 Å². The molecule has 0 aliphatic rings. The Kier molecular flexibility index (Phi) is 2.76. The lowest BCUT2D eigenvalue weighted by atomic mass is 10.1. The smallest absolute Gasteiger partial charge is 0.258 e. The molecular formula is C8H8N2O4. The van der Waals surface area contributed by atoms with Crippen LogP contribution in [0.3, 0.4) is 0 Å². The predicted octanol–water partition coefficient (Wildman–Crippen LogP) is 1.55. The maximum absolute atomic E-state index is 10.4. The van der Waals surface area contributed by atoms with Crippen molar-refractivity contribution >= 4 is 0 Å². The van der Waals surface area contributed by atoms with Crippen molar-refractivity contribution in [3.63, 3.8) is 0 Å². The molecule has 14 heavy (non-hydrogen) atoms. The zero-order chi connectivity index (χ0) is 10.7. The van der Waals surface area contributed by atoms with E-state index in [2.05, 4.69) is 0 Å². The number of rotatable bonds is 3. The van der Waals surface area contributed by atoms with Crippen LogP contribution in [0.5, 0.6) is 0 Å². The molecule has 0 aromatic heterocycles. The molecule has 0 fully saturated rings. The molecule has 1 aromatic carbocycles. The van der Waals surface area contributed by atoms with E-state index in [1.165, 1.54) is 12.1 Å². The monoisotopic (exact) mass is 196 g/mol. The molecule has 1 rings (SSSR count). The van der Waals surface area contributed by atoms with Crippen LogP contribution in [0.4, 0.5) is 0 Å². The number of nitrogens with zero attached hydrogens (tertiary/aromatic N) is 2. The van der Waals surface area contributed by atoms with E-state index < -0.39 is 16.0 Å². The Bertz CT molecular complexity index is 363. The van der Waals surface area contributed by atoms with Crippen molar-refractivity contribution in [3.8, 4) is 0 Å². The van der Waals surface area contributed by atoms with Gasteiger partial charge < -0.3 is 0 Å². The molecule has 6 nitrogen and oxygen atoms in total. The zero-order valence-electron chi connectivity index (χ0n) is 7.41. The Morgan fingerprint density at radius 3 is 2.21 bits per heavy atom. The molecule has 0 aliphatic carbocycles. The first-order chi connectivity index (χ1) is 6.52. The van der Waals surface area contributed by atoms with Crippen LogP contribution in [0.2, 0.25) is 0 Å². The molecule has 0 radical (unpaired) electrons. The first kappa shape index (κ1) is 10.1. The van der Waals surface area contributed by atoms with Gasteiger partial charge in [-0.25, -0.2) is 0 Å². The fourth-order valence-corrected chi connectivity index (χ4v) is 1.15. The molecule has 0 atom stereocenters. The number of aryl methyl sites for hydroxylation is 1. The van der Waals surface area contributed by atoms with Gasteiger partial charge in [0.25, 0.3) is 0 Å². The molecule has 0 N–H and O–H groups in total. The van der Waals surface area contributed by atoms with E-state index in [0.717, 1.165) is 5.56 Å². The summed E-state index contributed by atoms with van der Waals surface area (Å²) in [5, 5.41) is 20.8. The van der Waals surface area contributed by atoms with Gasteiger partial charge in [0.15, 0.2) is 0 Å². The van der Waals surface area contributed by atoms with E-state index in [9.17, 15) is 20.2 Å². The normalized spacial score (nSPS) is 10.1. The van der Waals surface area contributed by atoms with Crippen LogP contribution in [-0.4, -0.2) is 9.85 Å². The largest absolute Gasteiger partial charge is 0.476 e. The van der Waals surface area contributed by atoms with Gasteiger partial charge in [0.1, 0.15) is 15.4 Å². The van der Waals surface area contributed by atoms with E-state index in [-0.39, 0.29) is 5.56 Å². The van der Waals surface area contributed by atoms with E-state index >= 15 is 0 Å². The van der Waals surface area contributed by atoms with Gasteiger partial charge >= 0.3 is 6.17 Å². The van der Waals surface area contributed by atoms with Gasteiger partial charge in [-0.2, -0.15) is 0 Å². The second kappa shape index (κ2) is 3.82. The third-order valence-corrected chi connectivity index (χ3v) is 1.74. The predicted molar refractivity (Wildman–Crippen MR) is 47.9 cm³/mol. The number of nitro groups is 2. The minimum absolute atomic E-state index is 0.0972. The third-order valence-electron chi connectivity index (χ3n) is 1.74. The fourth-order valence-electron chi connectivity index (χ4n) is 1.15. The molecule has 0 aliphatic heterocycles. The lowest BCUT2D eigenvalue weighted by Gasteiger charge is -2.02. The Balaban J connectivity index is 3.12. The van der Waals surface area contributed by atoms with E-state index in [0.29, 0.717) is 0 Å². The van der Waals surface area contributed by atoms with Crippen molar-refractivity contribution in [3.05, 3.63) is 55.6 Å². The molecule has 0 unspecified atom stereocenters. The van der Waals surface area contributed by atoms with Crippen molar-refractivity contribution in [2.45, 2.75) is 13.1 Å². The van der Waals surface area contributed by atoms with Crippen LogP contribution < -0.4 is 0 Å². The second-order valence-corrected chi connectivity index (χ2v) is 2.86. The van der Waals surface area contributed by atoms with Crippen molar-refractivity contribution in [1.29, 1.82) is 0 Å². The van der Waals surface area contributed by atoms with E-state index in [4.69, 9.17) is 0 Å². The van der Waals surface area contributed by atoms with Gasteiger partial charge in [-0.3, -0.25) is 20.2 Å². The third kappa shape index (κ3) is 2.03. The summed E-state index contributed by atoms with van der Waals surface area (Å²) < 4.78 is 0. The van der Waals surface area contributed by atoms with Crippen molar-refractivity contribution in [2.75, 3.05) is 0 Å². The molecular weight excluding hydrogens is 188 g/mol. The summed E-state index contributed by atoms with van der Waals surface area (Å²) in [7, 11) is 0. The quantitative estimate of drug-likeness (QED) is 0.417.